The molecular formula is C22H31N5O3. The molecule has 0 radical (unpaired) electrons. The Labute approximate surface area is 177 Å². The van der Waals surface area contributed by atoms with Crippen LogP contribution in [0.1, 0.15) is 41.0 Å². The van der Waals surface area contributed by atoms with Crippen LogP contribution in [0.2, 0.25) is 0 Å². The fraction of sp³-hybridized carbons (Fsp3) is 0.500. The summed E-state index contributed by atoms with van der Waals surface area (Å²) in [6, 6.07) is 9.59. The number of aryl methyl sites for hydroxylation is 1. The van der Waals surface area contributed by atoms with Crippen LogP contribution in [0.4, 0.5) is 5.95 Å². The van der Waals surface area contributed by atoms with Gasteiger partial charge in [0.1, 0.15) is 11.4 Å². The van der Waals surface area contributed by atoms with Gasteiger partial charge in [-0.3, -0.25) is 9.69 Å². The van der Waals surface area contributed by atoms with Gasteiger partial charge in [0.2, 0.25) is 5.95 Å². The first kappa shape index (κ1) is 22.0. The Hall–Kier alpha value is -2.71. The van der Waals surface area contributed by atoms with E-state index in [4.69, 9.17) is 10.5 Å². The number of likely N-dealkylation sites (N-methyl/N-ethyl adjacent to an activating group) is 1. The molecule has 162 valence electrons. The molecule has 1 aromatic heterocycles. The second-order valence-electron chi connectivity index (χ2n) is 8.14. The summed E-state index contributed by atoms with van der Waals surface area (Å²) >= 11 is 0. The summed E-state index contributed by atoms with van der Waals surface area (Å²) in [6.45, 7) is 4.13. The van der Waals surface area contributed by atoms with Crippen molar-refractivity contribution in [3.8, 4) is 5.75 Å². The van der Waals surface area contributed by atoms with Crippen molar-refractivity contribution in [3.63, 3.8) is 0 Å². The molecule has 1 aliphatic rings. The van der Waals surface area contributed by atoms with E-state index in [1.165, 1.54) is 0 Å². The fourth-order valence-electron chi connectivity index (χ4n) is 4.00. The van der Waals surface area contributed by atoms with Crippen LogP contribution in [-0.2, 0) is 6.54 Å². The van der Waals surface area contributed by atoms with Gasteiger partial charge in [0.15, 0.2) is 0 Å². The summed E-state index contributed by atoms with van der Waals surface area (Å²) in [6.07, 6.45) is 1.90. The van der Waals surface area contributed by atoms with E-state index in [9.17, 15) is 9.90 Å². The molecule has 1 fully saturated rings. The average Bonchev–Trinajstić information content (AvgIpc) is 2.88. The number of benzene rings is 1. The smallest absolute Gasteiger partial charge is 0.272 e. The molecule has 0 unspecified atom stereocenters. The standard InChI is InChI=1S/C22H31N5O3/c1-16-13-19(25-21(23)24-16)20(28)27-11-4-9-22(29,10-12-27)15-26(2)14-17-5-7-18(30-3)8-6-17/h5-8,13,29H,4,9-12,14-15H2,1-3H3,(H2,23,24,25)/t22-/m0/s1. The fourth-order valence-corrected chi connectivity index (χ4v) is 4.00. The predicted octanol–water partition coefficient (Wildman–Crippen LogP) is 1.87. The maximum absolute atomic E-state index is 12.9. The number of hydrogen-bond donors (Lipinski definition) is 2. The van der Waals surface area contributed by atoms with Gasteiger partial charge in [-0.2, -0.15) is 0 Å². The summed E-state index contributed by atoms with van der Waals surface area (Å²) in [5.74, 6) is 0.766. The number of methoxy groups -OCH3 is 1. The van der Waals surface area contributed by atoms with E-state index in [1.54, 1.807) is 25.0 Å². The Balaban J connectivity index is 1.59. The zero-order valence-electron chi connectivity index (χ0n) is 18.0. The number of carbonyl (C=O) groups is 1. The molecule has 1 saturated heterocycles. The monoisotopic (exact) mass is 413 g/mol. The van der Waals surface area contributed by atoms with E-state index in [0.29, 0.717) is 43.9 Å². The largest absolute Gasteiger partial charge is 0.497 e. The second kappa shape index (κ2) is 9.40. The topological polar surface area (TPSA) is 105 Å². The van der Waals surface area contributed by atoms with Gasteiger partial charge in [0.25, 0.3) is 5.91 Å². The Bertz CT molecular complexity index is 853. The van der Waals surface area contributed by atoms with Crippen molar-refractivity contribution in [3.05, 3.63) is 47.3 Å². The minimum Gasteiger partial charge on any atom is -0.497 e. The number of rotatable bonds is 6. The van der Waals surface area contributed by atoms with Crippen molar-refractivity contribution < 1.29 is 14.6 Å². The Morgan fingerprint density at radius 3 is 2.67 bits per heavy atom. The van der Waals surface area contributed by atoms with Crippen molar-refractivity contribution >= 4 is 11.9 Å². The molecule has 3 N–H and O–H groups in total. The Morgan fingerprint density at radius 2 is 2.00 bits per heavy atom. The maximum Gasteiger partial charge on any atom is 0.272 e. The molecule has 0 bridgehead atoms. The van der Waals surface area contributed by atoms with Crippen molar-refractivity contribution in [1.29, 1.82) is 0 Å². The number of aliphatic hydroxyl groups is 1. The number of nitrogen functional groups attached to an aromatic ring is 1. The van der Waals surface area contributed by atoms with Crippen LogP contribution in [0, 0.1) is 6.92 Å². The van der Waals surface area contributed by atoms with Gasteiger partial charge in [-0.15, -0.1) is 0 Å². The average molecular weight is 414 g/mol. The number of anilines is 1. The molecule has 1 amide bonds. The highest BCUT2D eigenvalue weighted by molar-refractivity contribution is 5.92. The number of aromatic nitrogens is 2. The Morgan fingerprint density at radius 1 is 1.27 bits per heavy atom. The third-order valence-corrected chi connectivity index (χ3v) is 5.47. The van der Waals surface area contributed by atoms with Crippen molar-refractivity contribution in [1.82, 2.24) is 19.8 Å². The maximum atomic E-state index is 12.9. The van der Waals surface area contributed by atoms with Gasteiger partial charge in [-0.1, -0.05) is 12.1 Å². The van der Waals surface area contributed by atoms with Crippen LogP contribution in [-0.4, -0.2) is 70.2 Å². The molecule has 0 aliphatic carbocycles. The number of nitrogens with zero attached hydrogens (tertiary/aromatic N) is 4. The summed E-state index contributed by atoms with van der Waals surface area (Å²) in [5, 5.41) is 11.2. The minimum absolute atomic E-state index is 0.102. The van der Waals surface area contributed by atoms with E-state index in [1.807, 2.05) is 31.3 Å². The van der Waals surface area contributed by atoms with Gasteiger partial charge < -0.3 is 20.5 Å². The molecule has 0 saturated carbocycles. The lowest BCUT2D eigenvalue weighted by Crippen LogP contribution is -2.42. The van der Waals surface area contributed by atoms with E-state index in [-0.39, 0.29) is 11.9 Å². The molecule has 3 rings (SSSR count). The molecule has 30 heavy (non-hydrogen) atoms. The van der Waals surface area contributed by atoms with Crippen LogP contribution < -0.4 is 10.5 Å². The zero-order valence-corrected chi connectivity index (χ0v) is 18.0. The first-order chi connectivity index (χ1) is 14.3. The quantitative estimate of drug-likeness (QED) is 0.745. The van der Waals surface area contributed by atoms with E-state index in [2.05, 4.69) is 14.9 Å². The summed E-state index contributed by atoms with van der Waals surface area (Å²) < 4.78 is 5.20. The van der Waals surface area contributed by atoms with Crippen LogP contribution in [0.3, 0.4) is 0 Å². The lowest BCUT2D eigenvalue weighted by molar-refractivity contribution is -0.00402. The summed E-state index contributed by atoms with van der Waals surface area (Å²) in [5.41, 5.74) is 6.98. The molecule has 8 nitrogen and oxygen atoms in total. The third-order valence-electron chi connectivity index (χ3n) is 5.47. The number of carbonyl (C=O) groups excluding carboxylic acids is 1. The van der Waals surface area contributed by atoms with Crippen LogP contribution in [0.5, 0.6) is 5.75 Å². The second-order valence-corrected chi connectivity index (χ2v) is 8.14. The molecule has 2 heterocycles. The van der Waals surface area contributed by atoms with Crippen LogP contribution in [0.15, 0.2) is 30.3 Å². The lowest BCUT2D eigenvalue weighted by atomic mass is 9.94. The summed E-state index contributed by atoms with van der Waals surface area (Å²) in [7, 11) is 3.65. The van der Waals surface area contributed by atoms with E-state index < -0.39 is 5.60 Å². The highest BCUT2D eigenvalue weighted by Crippen LogP contribution is 2.25. The highest BCUT2D eigenvalue weighted by Gasteiger charge is 2.33. The van der Waals surface area contributed by atoms with Gasteiger partial charge in [-0.05, 0) is 57.0 Å². The SMILES string of the molecule is COc1ccc(CN(C)C[C@]2(O)CCCN(C(=O)c3cc(C)nc(N)n3)CC2)cc1. The number of hydrogen-bond acceptors (Lipinski definition) is 7. The molecular weight excluding hydrogens is 382 g/mol. The van der Waals surface area contributed by atoms with Gasteiger partial charge >= 0.3 is 0 Å². The Kier molecular flexibility index (Phi) is 6.89. The van der Waals surface area contributed by atoms with Crippen LogP contribution in [0.25, 0.3) is 0 Å². The van der Waals surface area contributed by atoms with Crippen molar-refractivity contribution in [2.75, 3.05) is 39.5 Å². The van der Waals surface area contributed by atoms with Gasteiger partial charge in [-0.25, -0.2) is 9.97 Å². The van der Waals surface area contributed by atoms with Gasteiger partial charge in [0, 0.05) is 31.9 Å². The van der Waals surface area contributed by atoms with E-state index in [0.717, 1.165) is 24.3 Å². The van der Waals surface area contributed by atoms with Gasteiger partial charge in [0.05, 0.1) is 12.7 Å². The first-order valence-corrected chi connectivity index (χ1v) is 10.2. The summed E-state index contributed by atoms with van der Waals surface area (Å²) in [4.78, 5) is 24.8. The predicted molar refractivity (Wildman–Crippen MR) is 115 cm³/mol. The molecule has 1 aliphatic heterocycles. The number of amides is 1. The van der Waals surface area contributed by atoms with Crippen molar-refractivity contribution in [2.24, 2.45) is 0 Å². The highest BCUT2D eigenvalue weighted by atomic mass is 16.5. The number of ether oxygens (including phenoxy) is 1. The normalized spacial score (nSPS) is 19.6. The minimum atomic E-state index is -0.836. The van der Waals surface area contributed by atoms with Crippen LogP contribution >= 0.6 is 0 Å². The molecule has 1 aromatic carbocycles. The molecule has 2 aromatic rings. The van der Waals surface area contributed by atoms with E-state index >= 15 is 0 Å². The zero-order chi connectivity index (χ0) is 21.7. The van der Waals surface area contributed by atoms with Crippen molar-refractivity contribution in [2.45, 2.75) is 38.3 Å². The molecule has 1 atom stereocenters. The molecule has 8 heteroatoms. The number of nitrogens with two attached hydrogens (primary N) is 1. The third kappa shape index (κ3) is 5.67. The number of likely N-dealkylation sites (tertiary alicyclic amines) is 1. The molecule has 0 spiro atoms. The lowest BCUT2D eigenvalue weighted by Gasteiger charge is -2.31. The first-order valence-electron chi connectivity index (χ1n) is 10.2.